The molecule has 4 aromatic rings. The normalized spacial score (nSPS) is 11.6. The number of nitrogens with zero attached hydrogens (tertiary/aromatic N) is 5. The third-order valence-electron chi connectivity index (χ3n) is 3.10. The second kappa shape index (κ2) is 4.66. The average Bonchev–Trinajstić information content (AvgIpc) is 3.12. The summed E-state index contributed by atoms with van der Waals surface area (Å²) in [5, 5.41) is 15.6. The number of hydrogen-bond acceptors (Lipinski definition) is 6. The van der Waals surface area contributed by atoms with Crippen LogP contribution in [0.3, 0.4) is 0 Å². The van der Waals surface area contributed by atoms with E-state index in [1.807, 2.05) is 37.2 Å². The number of benzene rings is 1. The number of halogens is 1. The van der Waals surface area contributed by atoms with E-state index in [2.05, 4.69) is 21.4 Å². The minimum Gasteiger partial charge on any atom is -0.353 e. The third kappa shape index (κ3) is 1.92. The number of aromatic nitrogens is 4. The van der Waals surface area contributed by atoms with Crippen LogP contribution >= 0.6 is 34.3 Å². The van der Waals surface area contributed by atoms with E-state index in [0.717, 1.165) is 25.1 Å². The summed E-state index contributed by atoms with van der Waals surface area (Å²) in [6, 6.07) is 8.06. The summed E-state index contributed by atoms with van der Waals surface area (Å²) in [6.07, 6.45) is 0. The molecule has 0 aliphatic rings. The van der Waals surface area contributed by atoms with Crippen molar-refractivity contribution in [2.75, 3.05) is 19.0 Å². The van der Waals surface area contributed by atoms with Gasteiger partial charge in [0, 0.05) is 24.2 Å². The Kier molecular flexibility index (Phi) is 2.88. The van der Waals surface area contributed by atoms with E-state index in [4.69, 9.17) is 11.6 Å². The predicted octanol–water partition coefficient (Wildman–Crippen LogP) is 3.79. The first-order chi connectivity index (χ1) is 10.1. The van der Waals surface area contributed by atoms with Crippen LogP contribution in [-0.2, 0) is 0 Å². The van der Waals surface area contributed by atoms with E-state index >= 15 is 0 Å². The van der Waals surface area contributed by atoms with Crippen LogP contribution in [0.4, 0.5) is 5.13 Å². The van der Waals surface area contributed by atoms with Gasteiger partial charge in [-0.05, 0) is 6.07 Å². The lowest BCUT2D eigenvalue weighted by molar-refractivity contribution is 0.939. The van der Waals surface area contributed by atoms with Crippen molar-refractivity contribution in [1.82, 2.24) is 19.8 Å². The van der Waals surface area contributed by atoms with Crippen molar-refractivity contribution < 1.29 is 0 Å². The first-order valence-corrected chi connectivity index (χ1v) is 8.23. The zero-order chi connectivity index (χ0) is 14.6. The lowest BCUT2D eigenvalue weighted by Crippen LogP contribution is -2.08. The molecule has 1 aromatic carbocycles. The first kappa shape index (κ1) is 13.0. The Morgan fingerprint density at radius 1 is 1.14 bits per heavy atom. The summed E-state index contributed by atoms with van der Waals surface area (Å²) in [4.78, 5) is 3.62. The molecule has 0 amide bonds. The van der Waals surface area contributed by atoms with Crippen molar-refractivity contribution in [3.05, 3.63) is 29.3 Å². The molecule has 4 rings (SSSR count). The van der Waals surface area contributed by atoms with E-state index in [9.17, 15) is 0 Å². The van der Waals surface area contributed by atoms with Crippen molar-refractivity contribution in [1.29, 1.82) is 0 Å². The van der Waals surface area contributed by atoms with Gasteiger partial charge in [0.25, 0.3) is 0 Å². The molecule has 0 saturated carbocycles. The van der Waals surface area contributed by atoms with Crippen LogP contribution in [-0.4, -0.2) is 33.9 Å². The smallest absolute Gasteiger partial charge is 0.236 e. The molecule has 0 aliphatic heterocycles. The van der Waals surface area contributed by atoms with Gasteiger partial charge in [0.05, 0.1) is 9.90 Å². The summed E-state index contributed by atoms with van der Waals surface area (Å²) >= 11 is 9.62. The molecule has 0 spiro atoms. The van der Waals surface area contributed by atoms with Crippen molar-refractivity contribution >= 4 is 54.5 Å². The van der Waals surface area contributed by atoms with Crippen LogP contribution < -0.4 is 4.90 Å². The second-order valence-corrected chi connectivity index (χ2v) is 7.10. The lowest BCUT2D eigenvalue weighted by Gasteiger charge is -2.04. The Morgan fingerprint density at radius 2 is 1.95 bits per heavy atom. The topological polar surface area (TPSA) is 46.3 Å². The van der Waals surface area contributed by atoms with Crippen LogP contribution in [0.5, 0.6) is 0 Å². The van der Waals surface area contributed by atoms with Gasteiger partial charge in [0.1, 0.15) is 0 Å². The van der Waals surface area contributed by atoms with E-state index in [1.165, 1.54) is 11.3 Å². The van der Waals surface area contributed by atoms with Gasteiger partial charge < -0.3 is 4.90 Å². The summed E-state index contributed by atoms with van der Waals surface area (Å²) in [6.45, 7) is 0. The fourth-order valence-corrected chi connectivity index (χ4v) is 4.34. The molecule has 106 valence electrons. The maximum Gasteiger partial charge on any atom is 0.236 e. The third-order valence-corrected chi connectivity index (χ3v) is 5.84. The predicted molar refractivity (Wildman–Crippen MR) is 88.8 cm³/mol. The number of hydrogen-bond donors (Lipinski definition) is 0. The Labute approximate surface area is 133 Å². The van der Waals surface area contributed by atoms with Gasteiger partial charge in [-0.1, -0.05) is 41.1 Å². The van der Waals surface area contributed by atoms with E-state index in [0.29, 0.717) is 10.8 Å². The molecule has 3 heterocycles. The number of thiophene rings is 1. The van der Waals surface area contributed by atoms with Crippen molar-refractivity contribution in [2.45, 2.75) is 0 Å². The van der Waals surface area contributed by atoms with Gasteiger partial charge in [0.15, 0.2) is 5.82 Å². The monoisotopic (exact) mass is 335 g/mol. The van der Waals surface area contributed by atoms with Gasteiger partial charge in [0.2, 0.25) is 10.1 Å². The minimum absolute atomic E-state index is 0.695. The Hall–Kier alpha value is -1.70. The standard InChI is InChI=1S/C13H10ClN5S2/c1-18(2)13-17-19-11(15-16-12(19)21-13)10-9(14)7-5-3-4-6-8(7)20-10/h3-6H,1-2H3. The van der Waals surface area contributed by atoms with E-state index in [-0.39, 0.29) is 0 Å². The largest absolute Gasteiger partial charge is 0.353 e. The zero-order valence-electron chi connectivity index (χ0n) is 11.2. The first-order valence-electron chi connectivity index (χ1n) is 6.22. The molecule has 0 unspecified atom stereocenters. The number of fused-ring (bicyclic) bond motifs is 2. The quantitative estimate of drug-likeness (QED) is 0.559. The number of anilines is 1. The molecule has 0 bridgehead atoms. The van der Waals surface area contributed by atoms with Crippen LogP contribution in [0, 0.1) is 0 Å². The van der Waals surface area contributed by atoms with Crippen LogP contribution in [0.25, 0.3) is 25.7 Å². The van der Waals surface area contributed by atoms with Gasteiger partial charge in [-0.2, -0.15) is 4.52 Å². The Morgan fingerprint density at radius 3 is 2.71 bits per heavy atom. The number of rotatable bonds is 2. The highest BCUT2D eigenvalue weighted by Gasteiger charge is 2.20. The van der Waals surface area contributed by atoms with E-state index in [1.54, 1.807) is 15.9 Å². The molecule has 0 N–H and O–H groups in total. The highest BCUT2D eigenvalue weighted by molar-refractivity contribution is 7.23. The molecule has 0 fully saturated rings. The molecule has 3 aromatic heterocycles. The van der Waals surface area contributed by atoms with Crippen LogP contribution in [0.1, 0.15) is 0 Å². The zero-order valence-corrected chi connectivity index (χ0v) is 13.6. The SMILES string of the molecule is CN(C)c1nn2c(-c3sc4ccccc4c3Cl)nnc2s1. The van der Waals surface area contributed by atoms with Crippen molar-refractivity contribution in [3.63, 3.8) is 0 Å². The molecular formula is C13H10ClN5S2. The molecule has 8 heteroatoms. The molecular weight excluding hydrogens is 326 g/mol. The summed E-state index contributed by atoms with van der Waals surface area (Å²) in [7, 11) is 3.91. The second-order valence-electron chi connectivity index (χ2n) is 4.74. The Bertz CT molecular complexity index is 952. The van der Waals surface area contributed by atoms with Gasteiger partial charge in [-0.3, -0.25) is 0 Å². The molecule has 5 nitrogen and oxygen atoms in total. The molecule has 0 radical (unpaired) electrons. The van der Waals surface area contributed by atoms with Crippen molar-refractivity contribution in [3.8, 4) is 10.7 Å². The highest BCUT2D eigenvalue weighted by atomic mass is 35.5. The fourth-order valence-electron chi connectivity index (χ4n) is 2.09. The average molecular weight is 336 g/mol. The summed E-state index contributed by atoms with van der Waals surface area (Å²) in [5.74, 6) is 0.695. The van der Waals surface area contributed by atoms with Gasteiger partial charge >= 0.3 is 0 Å². The van der Waals surface area contributed by atoms with Crippen LogP contribution in [0.2, 0.25) is 5.02 Å². The summed E-state index contributed by atoms with van der Waals surface area (Å²) in [5.41, 5.74) is 0. The molecule has 0 aliphatic carbocycles. The fraction of sp³-hybridized carbons (Fsp3) is 0.154. The van der Waals surface area contributed by atoms with Crippen LogP contribution in [0.15, 0.2) is 24.3 Å². The van der Waals surface area contributed by atoms with Gasteiger partial charge in [-0.15, -0.1) is 26.6 Å². The van der Waals surface area contributed by atoms with Crippen molar-refractivity contribution in [2.24, 2.45) is 0 Å². The molecule has 21 heavy (non-hydrogen) atoms. The molecule has 0 saturated heterocycles. The Balaban J connectivity index is 1.97. The molecule has 0 atom stereocenters. The van der Waals surface area contributed by atoms with E-state index < -0.39 is 0 Å². The summed E-state index contributed by atoms with van der Waals surface area (Å²) < 4.78 is 2.90. The maximum absolute atomic E-state index is 6.51. The minimum atomic E-state index is 0.695. The lowest BCUT2D eigenvalue weighted by atomic mass is 10.2. The maximum atomic E-state index is 6.51. The van der Waals surface area contributed by atoms with Gasteiger partial charge in [-0.25, -0.2) is 0 Å². The highest BCUT2D eigenvalue weighted by Crippen LogP contribution is 2.41.